The van der Waals surface area contributed by atoms with Gasteiger partial charge in [0, 0.05) is 5.69 Å². The maximum Gasteiger partial charge on any atom is 0.308 e. The number of ether oxygens (including phenoxy) is 1. The Kier molecular flexibility index (Phi) is 8.65. The average Bonchev–Trinajstić information content (AvgIpc) is 2.56. The Hall–Kier alpha value is -2.53. The fourth-order valence-electron chi connectivity index (χ4n) is 2.48. The Balaban J connectivity index is 0.00000338. The van der Waals surface area contributed by atoms with Crippen molar-refractivity contribution < 1.29 is 14.3 Å². The van der Waals surface area contributed by atoms with Crippen LogP contribution in [0, 0.1) is 0 Å². The number of halogens is 1. The quantitative estimate of drug-likeness (QED) is 0.573. The number of nitrogens with one attached hydrogen (secondary N) is 1. The van der Waals surface area contributed by atoms with Crippen molar-refractivity contribution in [3.63, 3.8) is 0 Å². The largest absolute Gasteiger partial charge is 0.463 e. The summed E-state index contributed by atoms with van der Waals surface area (Å²) < 4.78 is 5.21. The monoisotopic (exact) mass is 376 g/mol. The molecule has 0 radical (unpaired) electrons. The maximum absolute atomic E-state index is 12.4. The minimum atomic E-state index is -0.422. The van der Waals surface area contributed by atoms with E-state index in [1.165, 1.54) is 0 Å². The van der Waals surface area contributed by atoms with E-state index < -0.39 is 6.04 Å². The maximum atomic E-state index is 12.4. The van der Waals surface area contributed by atoms with Crippen LogP contribution in [0.2, 0.25) is 0 Å². The summed E-state index contributed by atoms with van der Waals surface area (Å²) in [5, 5.41) is 2.93. The van der Waals surface area contributed by atoms with E-state index in [0.717, 1.165) is 11.1 Å². The molecule has 0 fully saturated rings. The first kappa shape index (κ1) is 21.5. The lowest BCUT2D eigenvalue weighted by molar-refractivity contribution is -0.148. The van der Waals surface area contributed by atoms with Crippen LogP contribution >= 0.6 is 12.4 Å². The predicted octanol–water partition coefficient (Wildman–Crippen LogP) is 3.43. The molecule has 0 aliphatic rings. The van der Waals surface area contributed by atoms with Gasteiger partial charge in [-0.15, -0.1) is 12.4 Å². The minimum Gasteiger partial charge on any atom is -0.463 e. The number of anilines is 1. The molecule has 3 N–H and O–H groups in total. The van der Waals surface area contributed by atoms with Gasteiger partial charge in [0.05, 0.1) is 25.0 Å². The number of rotatable bonds is 7. The highest BCUT2D eigenvalue weighted by Crippen LogP contribution is 2.18. The molecule has 0 bridgehead atoms. The van der Waals surface area contributed by atoms with E-state index in [1.807, 2.05) is 42.5 Å². The van der Waals surface area contributed by atoms with E-state index in [0.29, 0.717) is 5.69 Å². The summed E-state index contributed by atoms with van der Waals surface area (Å²) in [4.78, 5) is 24.4. The summed E-state index contributed by atoms with van der Waals surface area (Å²) in [5.74, 6) is -0.493. The van der Waals surface area contributed by atoms with E-state index in [1.54, 1.807) is 26.0 Å². The molecule has 0 spiro atoms. The van der Waals surface area contributed by atoms with Crippen LogP contribution in [0.15, 0.2) is 54.6 Å². The molecule has 6 heteroatoms. The van der Waals surface area contributed by atoms with Crippen molar-refractivity contribution in [3.8, 4) is 0 Å². The van der Waals surface area contributed by atoms with Crippen LogP contribution in [0.25, 0.3) is 0 Å². The van der Waals surface area contributed by atoms with E-state index in [4.69, 9.17) is 10.5 Å². The summed E-state index contributed by atoms with van der Waals surface area (Å²) in [7, 11) is 0. The molecular formula is C20H25ClN2O3. The van der Waals surface area contributed by atoms with Gasteiger partial charge in [-0.05, 0) is 37.1 Å². The summed E-state index contributed by atoms with van der Waals surface area (Å²) in [6.07, 6.45) is 0.132. The highest BCUT2D eigenvalue weighted by Gasteiger charge is 2.20. The van der Waals surface area contributed by atoms with Crippen molar-refractivity contribution in [2.75, 3.05) is 5.73 Å². The molecule has 0 saturated carbocycles. The standard InChI is InChI=1S/C20H24N2O3.ClH/c1-14(2)25-20(24)13-18(16-6-4-3-5-7-16)22-19(23)12-15-8-10-17(21)11-9-15;/h3-11,14,18H,12-13,21H2,1-2H3,(H,22,23);1H. The number of benzene rings is 2. The molecule has 0 aliphatic carbocycles. The number of amides is 1. The molecule has 140 valence electrons. The highest BCUT2D eigenvalue weighted by atomic mass is 35.5. The van der Waals surface area contributed by atoms with Crippen molar-refractivity contribution >= 4 is 30.0 Å². The zero-order chi connectivity index (χ0) is 18.2. The molecule has 26 heavy (non-hydrogen) atoms. The molecule has 1 atom stereocenters. The summed E-state index contributed by atoms with van der Waals surface area (Å²) in [6, 6.07) is 16.2. The van der Waals surface area contributed by atoms with Crippen LogP contribution in [0.1, 0.15) is 37.4 Å². The molecule has 2 rings (SSSR count). The van der Waals surface area contributed by atoms with Crippen LogP contribution in [0.4, 0.5) is 5.69 Å². The van der Waals surface area contributed by atoms with Crippen LogP contribution in [-0.4, -0.2) is 18.0 Å². The van der Waals surface area contributed by atoms with Gasteiger partial charge in [0.25, 0.3) is 0 Å². The average molecular weight is 377 g/mol. The summed E-state index contributed by atoms with van der Waals surface area (Å²) in [6.45, 7) is 3.60. The van der Waals surface area contributed by atoms with Crippen molar-refractivity contribution in [1.82, 2.24) is 5.32 Å². The lowest BCUT2D eigenvalue weighted by Gasteiger charge is -2.19. The topological polar surface area (TPSA) is 81.4 Å². The van der Waals surface area contributed by atoms with Gasteiger partial charge in [-0.2, -0.15) is 0 Å². The second kappa shape index (κ2) is 10.5. The van der Waals surface area contributed by atoms with E-state index in [2.05, 4.69) is 5.32 Å². The second-order valence-electron chi connectivity index (χ2n) is 6.19. The Morgan fingerprint density at radius 3 is 2.23 bits per heavy atom. The molecule has 1 amide bonds. The van der Waals surface area contributed by atoms with Gasteiger partial charge in [-0.1, -0.05) is 42.5 Å². The van der Waals surface area contributed by atoms with E-state index in [9.17, 15) is 9.59 Å². The van der Waals surface area contributed by atoms with Gasteiger partial charge in [0.1, 0.15) is 0 Å². The minimum absolute atomic E-state index is 0. The molecule has 2 aromatic carbocycles. The third-order valence-corrected chi connectivity index (χ3v) is 3.62. The van der Waals surface area contributed by atoms with Gasteiger partial charge < -0.3 is 15.8 Å². The normalized spacial score (nSPS) is 11.3. The summed E-state index contributed by atoms with van der Waals surface area (Å²) >= 11 is 0. The fraction of sp³-hybridized carbons (Fsp3) is 0.300. The third kappa shape index (κ3) is 7.15. The van der Waals surface area contributed by atoms with Crippen molar-refractivity contribution in [3.05, 3.63) is 65.7 Å². The van der Waals surface area contributed by atoms with Gasteiger partial charge in [0.2, 0.25) is 5.91 Å². The Bertz CT molecular complexity index is 703. The highest BCUT2D eigenvalue weighted by molar-refractivity contribution is 5.85. The second-order valence-corrected chi connectivity index (χ2v) is 6.19. The zero-order valence-corrected chi connectivity index (χ0v) is 15.8. The number of nitrogens with two attached hydrogens (primary N) is 1. The van der Waals surface area contributed by atoms with Crippen LogP contribution in [0.3, 0.4) is 0 Å². The van der Waals surface area contributed by atoms with Gasteiger partial charge in [-0.3, -0.25) is 9.59 Å². The number of esters is 1. The first-order valence-corrected chi connectivity index (χ1v) is 8.32. The molecule has 5 nitrogen and oxygen atoms in total. The molecule has 0 heterocycles. The van der Waals surface area contributed by atoms with Gasteiger partial charge in [-0.25, -0.2) is 0 Å². The van der Waals surface area contributed by atoms with Crippen molar-refractivity contribution in [2.24, 2.45) is 0 Å². The Labute approximate surface area is 160 Å². The molecule has 0 saturated heterocycles. The van der Waals surface area contributed by atoms with Crippen LogP contribution in [-0.2, 0) is 20.7 Å². The number of hydrogen-bond acceptors (Lipinski definition) is 4. The summed E-state index contributed by atoms with van der Waals surface area (Å²) in [5.41, 5.74) is 8.05. The third-order valence-electron chi connectivity index (χ3n) is 3.62. The Morgan fingerprint density at radius 1 is 1.04 bits per heavy atom. The molecule has 2 aromatic rings. The number of carbonyl (C=O) groups excluding carboxylic acids is 2. The first-order valence-electron chi connectivity index (χ1n) is 8.32. The van der Waals surface area contributed by atoms with Gasteiger partial charge in [0.15, 0.2) is 0 Å². The SMILES string of the molecule is CC(C)OC(=O)CC(NC(=O)Cc1ccc(N)cc1)c1ccccc1.Cl. The van der Waals surface area contributed by atoms with Crippen molar-refractivity contribution in [2.45, 2.75) is 38.8 Å². The zero-order valence-electron chi connectivity index (χ0n) is 15.0. The molecule has 0 aromatic heterocycles. The smallest absolute Gasteiger partial charge is 0.308 e. The van der Waals surface area contributed by atoms with Gasteiger partial charge >= 0.3 is 5.97 Å². The van der Waals surface area contributed by atoms with Crippen LogP contribution in [0.5, 0.6) is 0 Å². The molecular weight excluding hydrogens is 352 g/mol. The molecule has 0 aliphatic heterocycles. The predicted molar refractivity (Wildman–Crippen MR) is 105 cm³/mol. The lowest BCUT2D eigenvalue weighted by Crippen LogP contribution is -2.32. The number of nitrogen functional groups attached to an aromatic ring is 1. The number of hydrogen-bond donors (Lipinski definition) is 2. The lowest BCUT2D eigenvalue weighted by atomic mass is 10.0. The number of carbonyl (C=O) groups is 2. The molecule has 1 unspecified atom stereocenters. The Morgan fingerprint density at radius 2 is 1.65 bits per heavy atom. The fourth-order valence-corrected chi connectivity index (χ4v) is 2.48. The van der Waals surface area contributed by atoms with E-state index >= 15 is 0 Å². The van der Waals surface area contributed by atoms with E-state index in [-0.39, 0.29) is 43.2 Å². The van der Waals surface area contributed by atoms with Crippen molar-refractivity contribution in [1.29, 1.82) is 0 Å². The van der Waals surface area contributed by atoms with Crippen LogP contribution < -0.4 is 11.1 Å². The first-order chi connectivity index (χ1) is 11.9.